The molecule has 0 amide bonds. The predicted octanol–water partition coefficient (Wildman–Crippen LogP) is 5.51. The van der Waals surface area contributed by atoms with E-state index in [-0.39, 0.29) is 11.6 Å². The Balaban J connectivity index is 2.49. The van der Waals surface area contributed by atoms with Gasteiger partial charge in [-0.25, -0.2) is 4.39 Å². The second kappa shape index (κ2) is 5.76. The van der Waals surface area contributed by atoms with Gasteiger partial charge in [-0.05, 0) is 42.8 Å². The number of phenolic OH excluding ortho intramolecular Hbond substituents is 1. The summed E-state index contributed by atoms with van der Waals surface area (Å²) >= 11 is 9.08. The summed E-state index contributed by atoms with van der Waals surface area (Å²) in [5.41, 5.74) is 1.78. The Kier molecular flexibility index (Phi) is 4.27. The third-order valence-electron chi connectivity index (χ3n) is 2.75. The van der Waals surface area contributed by atoms with Crippen molar-refractivity contribution in [1.29, 1.82) is 0 Å². The molecule has 0 atom stereocenters. The molecule has 0 aliphatic rings. The van der Waals surface area contributed by atoms with Crippen LogP contribution in [0.1, 0.15) is 18.1 Å². The van der Waals surface area contributed by atoms with E-state index in [0.717, 1.165) is 4.47 Å². The molecule has 0 heterocycles. The van der Waals surface area contributed by atoms with E-state index in [4.69, 9.17) is 11.6 Å². The summed E-state index contributed by atoms with van der Waals surface area (Å²) in [6.07, 6.45) is 1.73. The zero-order valence-corrected chi connectivity index (χ0v) is 12.5. The highest BCUT2D eigenvalue weighted by molar-refractivity contribution is 9.10. The van der Waals surface area contributed by atoms with Crippen LogP contribution in [0.15, 0.2) is 40.9 Å². The molecule has 0 saturated carbocycles. The Morgan fingerprint density at radius 1 is 1.32 bits per heavy atom. The Bertz CT molecular complexity index is 632. The van der Waals surface area contributed by atoms with Gasteiger partial charge in [-0.15, -0.1) is 0 Å². The summed E-state index contributed by atoms with van der Waals surface area (Å²) in [7, 11) is 0. The maximum atomic E-state index is 13.8. The first-order chi connectivity index (χ1) is 8.99. The molecule has 0 fully saturated rings. The monoisotopic (exact) mass is 340 g/mol. The fraction of sp³-hybridized carbons (Fsp3) is 0.0667. The maximum absolute atomic E-state index is 13.8. The number of halogens is 3. The van der Waals surface area contributed by atoms with Gasteiger partial charge in [0, 0.05) is 20.6 Å². The molecule has 0 unspecified atom stereocenters. The molecule has 19 heavy (non-hydrogen) atoms. The molecule has 2 aromatic rings. The predicted molar refractivity (Wildman–Crippen MR) is 80.8 cm³/mol. The van der Waals surface area contributed by atoms with Crippen molar-refractivity contribution in [2.45, 2.75) is 6.92 Å². The highest BCUT2D eigenvalue weighted by Gasteiger charge is 2.08. The number of hydrogen-bond acceptors (Lipinski definition) is 1. The van der Waals surface area contributed by atoms with Gasteiger partial charge in [-0.1, -0.05) is 39.7 Å². The third-order valence-corrected chi connectivity index (χ3v) is 3.67. The van der Waals surface area contributed by atoms with Gasteiger partial charge in [-0.3, -0.25) is 0 Å². The minimum atomic E-state index is -0.382. The minimum absolute atomic E-state index is 0.142. The smallest absolute Gasteiger partial charge is 0.132 e. The molecule has 0 aliphatic carbocycles. The zero-order chi connectivity index (χ0) is 14.0. The van der Waals surface area contributed by atoms with Crippen molar-refractivity contribution in [3.63, 3.8) is 0 Å². The lowest BCUT2D eigenvalue weighted by Crippen LogP contribution is -1.87. The molecule has 0 saturated heterocycles. The molecule has 0 radical (unpaired) electrons. The molecule has 1 nitrogen and oxygen atoms in total. The fourth-order valence-corrected chi connectivity index (χ4v) is 2.40. The van der Waals surface area contributed by atoms with Crippen molar-refractivity contribution in [3.8, 4) is 5.75 Å². The Labute approximate surface area is 124 Å². The van der Waals surface area contributed by atoms with Crippen LogP contribution in [0, 0.1) is 5.82 Å². The van der Waals surface area contributed by atoms with Gasteiger partial charge < -0.3 is 5.11 Å². The van der Waals surface area contributed by atoms with E-state index < -0.39 is 0 Å². The summed E-state index contributed by atoms with van der Waals surface area (Å²) in [6.45, 7) is 1.78. The Hall–Kier alpha value is -1.32. The number of hydrogen-bond donors (Lipinski definition) is 1. The number of allylic oxidation sites excluding steroid dienone is 1. The van der Waals surface area contributed by atoms with Crippen LogP contribution in [0.25, 0.3) is 11.6 Å². The van der Waals surface area contributed by atoms with E-state index >= 15 is 0 Å². The third kappa shape index (κ3) is 3.17. The van der Waals surface area contributed by atoms with Crippen molar-refractivity contribution >= 4 is 39.2 Å². The van der Waals surface area contributed by atoms with E-state index in [0.29, 0.717) is 21.7 Å². The maximum Gasteiger partial charge on any atom is 0.132 e. The van der Waals surface area contributed by atoms with Crippen molar-refractivity contribution in [1.82, 2.24) is 0 Å². The van der Waals surface area contributed by atoms with Crippen LogP contribution in [0.5, 0.6) is 5.75 Å². The van der Waals surface area contributed by atoms with Crippen molar-refractivity contribution in [3.05, 3.63) is 62.8 Å². The van der Waals surface area contributed by atoms with Crippen LogP contribution in [-0.2, 0) is 0 Å². The normalized spacial score (nSPS) is 11.7. The lowest BCUT2D eigenvalue weighted by Gasteiger charge is -2.07. The van der Waals surface area contributed by atoms with Gasteiger partial charge in [-0.2, -0.15) is 0 Å². The number of rotatable bonds is 2. The van der Waals surface area contributed by atoms with Crippen molar-refractivity contribution < 1.29 is 9.50 Å². The highest BCUT2D eigenvalue weighted by atomic mass is 79.9. The zero-order valence-electron chi connectivity index (χ0n) is 10.1. The van der Waals surface area contributed by atoms with Gasteiger partial charge in [0.2, 0.25) is 0 Å². The fourth-order valence-electron chi connectivity index (χ4n) is 1.77. The molecule has 4 heteroatoms. The lowest BCUT2D eigenvalue weighted by molar-refractivity contribution is 0.473. The van der Waals surface area contributed by atoms with Crippen LogP contribution in [0.3, 0.4) is 0 Å². The Morgan fingerprint density at radius 2 is 2.05 bits per heavy atom. The van der Waals surface area contributed by atoms with E-state index in [2.05, 4.69) is 15.9 Å². The summed E-state index contributed by atoms with van der Waals surface area (Å²) in [4.78, 5) is 0. The van der Waals surface area contributed by atoms with Crippen LogP contribution >= 0.6 is 27.5 Å². The molecule has 98 valence electrons. The van der Waals surface area contributed by atoms with Gasteiger partial charge in [0.1, 0.15) is 11.6 Å². The molecule has 1 N–H and O–H groups in total. The number of benzene rings is 2. The second-order valence-electron chi connectivity index (χ2n) is 4.12. The minimum Gasteiger partial charge on any atom is -0.507 e. The summed E-state index contributed by atoms with van der Waals surface area (Å²) in [5, 5.41) is 10.2. The highest BCUT2D eigenvalue weighted by Crippen LogP contribution is 2.31. The molecule has 0 aromatic heterocycles. The molecular weight excluding hydrogens is 331 g/mol. The van der Waals surface area contributed by atoms with E-state index in [1.807, 2.05) is 6.07 Å². The first kappa shape index (κ1) is 14.1. The topological polar surface area (TPSA) is 20.2 Å². The quantitative estimate of drug-likeness (QED) is 0.714. The molecule has 0 bridgehead atoms. The van der Waals surface area contributed by atoms with Gasteiger partial charge in [0.25, 0.3) is 0 Å². The van der Waals surface area contributed by atoms with Crippen LogP contribution in [0.2, 0.25) is 5.02 Å². The Morgan fingerprint density at radius 3 is 2.68 bits per heavy atom. The molecular formula is C15H11BrClFO. The lowest BCUT2D eigenvalue weighted by atomic mass is 10.0. The van der Waals surface area contributed by atoms with Gasteiger partial charge in [0.15, 0.2) is 0 Å². The van der Waals surface area contributed by atoms with Gasteiger partial charge >= 0.3 is 0 Å². The first-order valence-corrected chi connectivity index (χ1v) is 6.77. The largest absolute Gasteiger partial charge is 0.507 e. The molecule has 0 aliphatic heterocycles. The average Bonchev–Trinajstić information content (AvgIpc) is 2.33. The summed E-state index contributed by atoms with van der Waals surface area (Å²) in [5.74, 6) is -0.240. The van der Waals surface area contributed by atoms with E-state index in [1.165, 1.54) is 6.07 Å². The number of aromatic hydroxyl groups is 1. The van der Waals surface area contributed by atoms with E-state index in [1.54, 1.807) is 37.3 Å². The first-order valence-electron chi connectivity index (χ1n) is 5.60. The standard InChI is InChI=1S/C15H11BrClFO/c1-9(11-6-5-10(17)8-14(11)18)7-12-13(16)3-2-4-15(12)19/h2-8,19H,1H3. The average molecular weight is 342 g/mol. The van der Waals surface area contributed by atoms with Crippen LogP contribution in [0.4, 0.5) is 4.39 Å². The molecule has 2 rings (SSSR count). The second-order valence-corrected chi connectivity index (χ2v) is 5.41. The van der Waals surface area contributed by atoms with E-state index in [9.17, 15) is 9.50 Å². The number of phenols is 1. The van der Waals surface area contributed by atoms with Crippen molar-refractivity contribution in [2.24, 2.45) is 0 Å². The summed E-state index contributed by atoms with van der Waals surface area (Å²) < 4.78 is 14.6. The summed E-state index contributed by atoms with van der Waals surface area (Å²) in [6, 6.07) is 9.66. The van der Waals surface area contributed by atoms with Crippen molar-refractivity contribution in [2.75, 3.05) is 0 Å². The molecule has 0 spiro atoms. The molecule has 2 aromatic carbocycles. The van der Waals surface area contributed by atoms with Gasteiger partial charge in [0.05, 0.1) is 0 Å². The van der Waals surface area contributed by atoms with Crippen LogP contribution < -0.4 is 0 Å². The SMILES string of the molecule is CC(=Cc1c(O)cccc1Br)c1ccc(Cl)cc1F. The van der Waals surface area contributed by atoms with Crippen LogP contribution in [-0.4, -0.2) is 5.11 Å².